The molecule has 0 radical (unpaired) electrons. The molecule has 0 aliphatic heterocycles. The number of aryl methyl sites for hydroxylation is 6. The Morgan fingerprint density at radius 2 is 0.818 bits per heavy atom. The van der Waals surface area contributed by atoms with Crippen LogP contribution in [0.25, 0.3) is 0 Å². The summed E-state index contributed by atoms with van der Waals surface area (Å²) in [5, 5.41) is 0. The number of hydrogen-bond acceptors (Lipinski definition) is 1. The highest BCUT2D eigenvalue weighted by Gasteiger charge is 2.39. The first-order chi connectivity index (χ1) is 15.3. The smallest absolute Gasteiger partial charge is 0.0274 e. The molecule has 0 spiro atoms. The molecule has 0 N–H and O–H groups in total. The van der Waals surface area contributed by atoms with Gasteiger partial charge in [-0.25, -0.2) is 0 Å². The third-order valence-corrected chi connectivity index (χ3v) is 10.2. The van der Waals surface area contributed by atoms with Crippen molar-refractivity contribution in [3.63, 3.8) is 0 Å². The van der Waals surface area contributed by atoms with E-state index in [0.29, 0.717) is 0 Å². The van der Waals surface area contributed by atoms with E-state index in [9.17, 15) is 0 Å². The molecule has 1 heterocycles. The highest BCUT2D eigenvalue weighted by Crippen LogP contribution is 2.51. The summed E-state index contributed by atoms with van der Waals surface area (Å²) in [4.78, 5) is 3.10. The van der Waals surface area contributed by atoms with E-state index in [-0.39, 0.29) is 10.8 Å². The zero-order chi connectivity index (χ0) is 24.9. The lowest BCUT2D eigenvalue weighted by molar-refractivity contribution is 0.550. The fourth-order valence-electron chi connectivity index (χ4n) is 6.65. The normalized spacial score (nSPS) is 15.4. The lowest BCUT2D eigenvalue weighted by Crippen LogP contribution is -2.25. The first kappa shape index (κ1) is 25.8. The van der Waals surface area contributed by atoms with Gasteiger partial charge in [-0.2, -0.15) is 0 Å². The van der Waals surface area contributed by atoms with Crippen molar-refractivity contribution < 1.29 is 0 Å². The van der Waals surface area contributed by atoms with Gasteiger partial charge in [0.05, 0.1) is 0 Å². The molecule has 33 heavy (non-hydrogen) atoms. The second kappa shape index (κ2) is 9.06. The van der Waals surface area contributed by atoms with E-state index < -0.39 is 0 Å². The first-order valence-corrected chi connectivity index (χ1v) is 13.4. The van der Waals surface area contributed by atoms with E-state index in [1.54, 1.807) is 9.75 Å². The molecule has 178 valence electrons. The SMILES string of the molecule is CCC(C)(c1sc(C(C)(CC)c2c(C)cc(C)cc2C)c(C)c1C)c1c(C)cc(C)cc1C. The van der Waals surface area contributed by atoms with E-state index in [0.717, 1.165) is 12.8 Å². The molecule has 3 aromatic rings. The third-order valence-electron chi connectivity index (χ3n) is 8.32. The number of rotatable bonds is 6. The minimum atomic E-state index is 0.0195. The van der Waals surface area contributed by atoms with Gasteiger partial charge in [-0.3, -0.25) is 0 Å². The van der Waals surface area contributed by atoms with Crippen molar-refractivity contribution in [2.45, 2.75) is 107 Å². The zero-order valence-electron chi connectivity index (χ0n) is 23.1. The van der Waals surface area contributed by atoms with Crippen LogP contribution in [0, 0.1) is 55.4 Å². The zero-order valence-corrected chi connectivity index (χ0v) is 23.9. The molecule has 2 aromatic carbocycles. The molecule has 0 bridgehead atoms. The summed E-state index contributed by atoms with van der Waals surface area (Å²) >= 11 is 2.08. The Morgan fingerprint density at radius 1 is 0.545 bits per heavy atom. The maximum atomic E-state index is 2.48. The summed E-state index contributed by atoms with van der Waals surface area (Å²) in [5.74, 6) is 0. The quantitative estimate of drug-likeness (QED) is 0.343. The number of hydrogen-bond donors (Lipinski definition) is 0. The van der Waals surface area contributed by atoms with Gasteiger partial charge in [0.15, 0.2) is 0 Å². The molecule has 1 aromatic heterocycles. The number of thiophene rings is 1. The Labute approximate surface area is 207 Å². The van der Waals surface area contributed by atoms with Gasteiger partial charge in [-0.05, 0) is 113 Å². The molecule has 0 fully saturated rings. The van der Waals surface area contributed by atoms with Gasteiger partial charge in [-0.1, -0.05) is 63.1 Å². The van der Waals surface area contributed by atoms with Crippen molar-refractivity contribution in [2.24, 2.45) is 0 Å². The van der Waals surface area contributed by atoms with E-state index >= 15 is 0 Å². The van der Waals surface area contributed by atoms with Gasteiger partial charge in [0.1, 0.15) is 0 Å². The molecule has 2 unspecified atom stereocenters. The summed E-state index contributed by atoms with van der Waals surface area (Å²) in [6.07, 6.45) is 2.20. The summed E-state index contributed by atoms with van der Waals surface area (Å²) < 4.78 is 0. The fourth-order valence-corrected chi connectivity index (χ4v) is 8.41. The van der Waals surface area contributed by atoms with Gasteiger partial charge >= 0.3 is 0 Å². The molecular weight excluding hydrogens is 416 g/mol. The number of benzene rings is 2. The Bertz CT molecular complexity index is 1050. The Hall–Kier alpha value is -1.86. The molecule has 0 saturated carbocycles. The molecule has 0 aliphatic carbocycles. The summed E-state index contributed by atoms with van der Waals surface area (Å²) in [6, 6.07) is 9.45. The monoisotopic (exact) mass is 460 g/mol. The van der Waals surface area contributed by atoms with Crippen LogP contribution in [0.1, 0.15) is 106 Å². The van der Waals surface area contributed by atoms with E-state index in [1.165, 1.54) is 55.6 Å². The van der Waals surface area contributed by atoms with Crippen LogP contribution in [0.2, 0.25) is 0 Å². The van der Waals surface area contributed by atoms with Crippen LogP contribution in [0.15, 0.2) is 24.3 Å². The summed E-state index contributed by atoms with van der Waals surface area (Å²) in [5.41, 5.74) is 14.5. The second-order valence-electron chi connectivity index (χ2n) is 10.9. The highest BCUT2D eigenvalue weighted by atomic mass is 32.1. The van der Waals surface area contributed by atoms with Crippen LogP contribution in [-0.2, 0) is 10.8 Å². The topological polar surface area (TPSA) is 0 Å². The van der Waals surface area contributed by atoms with Crippen molar-refractivity contribution in [1.29, 1.82) is 0 Å². The summed E-state index contributed by atoms with van der Waals surface area (Å²) in [6.45, 7) is 28.0. The lowest BCUT2D eigenvalue weighted by atomic mass is 9.71. The van der Waals surface area contributed by atoms with Crippen molar-refractivity contribution in [3.05, 3.63) is 89.7 Å². The van der Waals surface area contributed by atoms with Crippen molar-refractivity contribution in [1.82, 2.24) is 0 Å². The minimum absolute atomic E-state index is 0.0195. The van der Waals surface area contributed by atoms with Crippen LogP contribution in [0.3, 0.4) is 0 Å². The Morgan fingerprint density at radius 3 is 1.06 bits per heavy atom. The molecule has 0 saturated heterocycles. The van der Waals surface area contributed by atoms with Crippen molar-refractivity contribution >= 4 is 11.3 Å². The average Bonchev–Trinajstić information content (AvgIpc) is 3.01. The molecular formula is C32H44S. The Kier molecular flexibility index (Phi) is 7.07. The van der Waals surface area contributed by atoms with Crippen LogP contribution in [0.4, 0.5) is 0 Å². The fraction of sp³-hybridized carbons (Fsp3) is 0.500. The molecule has 0 amide bonds. The summed E-state index contributed by atoms with van der Waals surface area (Å²) in [7, 11) is 0. The average molecular weight is 461 g/mol. The molecule has 1 heteroatoms. The third kappa shape index (κ3) is 4.12. The minimum Gasteiger partial charge on any atom is -0.143 e. The standard InChI is InChI=1S/C32H44S/c1-13-31(11,27-21(5)15-19(3)16-22(27)6)29-25(9)26(10)30(33-29)32(12,14-2)28-23(7)17-20(4)18-24(28)8/h15-18H,13-14H2,1-12H3. The van der Waals surface area contributed by atoms with Crippen LogP contribution >= 0.6 is 11.3 Å². The second-order valence-corrected chi connectivity index (χ2v) is 11.9. The highest BCUT2D eigenvalue weighted by molar-refractivity contribution is 7.12. The predicted molar refractivity (Wildman–Crippen MR) is 149 cm³/mol. The van der Waals surface area contributed by atoms with Crippen LogP contribution in [0.5, 0.6) is 0 Å². The van der Waals surface area contributed by atoms with Gasteiger partial charge < -0.3 is 0 Å². The van der Waals surface area contributed by atoms with Gasteiger partial charge in [0.25, 0.3) is 0 Å². The van der Waals surface area contributed by atoms with Gasteiger partial charge in [-0.15, -0.1) is 11.3 Å². The molecule has 2 atom stereocenters. The first-order valence-electron chi connectivity index (χ1n) is 12.6. The van der Waals surface area contributed by atoms with E-state index in [4.69, 9.17) is 0 Å². The predicted octanol–water partition coefficient (Wildman–Crippen LogP) is 9.65. The van der Waals surface area contributed by atoms with Crippen molar-refractivity contribution in [2.75, 3.05) is 0 Å². The maximum Gasteiger partial charge on any atom is 0.0274 e. The molecule has 3 rings (SSSR count). The molecule has 0 nitrogen and oxygen atoms in total. The van der Waals surface area contributed by atoms with Crippen molar-refractivity contribution in [3.8, 4) is 0 Å². The van der Waals surface area contributed by atoms with Crippen LogP contribution in [-0.4, -0.2) is 0 Å². The molecule has 0 aliphatic rings. The van der Waals surface area contributed by atoms with Gasteiger partial charge in [0, 0.05) is 20.6 Å². The maximum absolute atomic E-state index is 2.48. The largest absolute Gasteiger partial charge is 0.143 e. The van der Waals surface area contributed by atoms with Gasteiger partial charge in [0.2, 0.25) is 0 Å². The van der Waals surface area contributed by atoms with E-state index in [1.807, 2.05) is 0 Å². The van der Waals surface area contributed by atoms with Crippen LogP contribution < -0.4 is 0 Å². The van der Waals surface area contributed by atoms with E-state index in [2.05, 4.69) is 119 Å². The lowest BCUT2D eigenvalue weighted by Gasteiger charge is -2.34. The Balaban J connectivity index is 2.31.